The second kappa shape index (κ2) is 4.37. The molecule has 19 heavy (non-hydrogen) atoms. The Bertz CT molecular complexity index is 781. The van der Waals surface area contributed by atoms with Crippen molar-refractivity contribution in [1.82, 2.24) is 15.4 Å². The van der Waals surface area contributed by atoms with Gasteiger partial charge in [0.2, 0.25) is 5.91 Å². The van der Waals surface area contributed by atoms with Gasteiger partial charge in [0.1, 0.15) is 11.0 Å². The third-order valence-electron chi connectivity index (χ3n) is 2.90. The second-order valence-corrected chi connectivity index (χ2v) is 4.43. The summed E-state index contributed by atoms with van der Waals surface area (Å²) in [7, 11) is 0. The number of amides is 1. The van der Waals surface area contributed by atoms with E-state index in [0.717, 1.165) is 0 Å². The van der Waals surface area contributed by atoms with Crippen molar-refractivity contribution < 1.29 is 4.79 Å². The molecule has 3 N–H and O–H groups in total. The van der Waals surface area contributed by atoms with Crippen LogP contribution < -0.4 is 5.73 Å². The molecule has 0 aliphatic carbocycles. The van der Waals surface area contributed by atoms with Crippen LogP contribution in [-0.4, -0.2) is 21.3 Å². The van der Waals surface area contributed by atoms with E-state index in [-0.39, 0.29) is 0 Å². The van der Waals surface area contributed by atoms with Gasteiger partial charge < -0.3 is 5.73 Å². The molecule has 0 aliphatic rings. The van der Waals surface area contributed by atoms with E-state index in [1.54, 1.807) is 30.3 Å². The number of nitrogens with zero attached hydrogens (tertiary/aromatic N) is 2. The fourth-order valence-electron chi connectivity index (χ4n) is 2.06. The summed E-state index contributed by atoms with van der Waals surface area (Å²) in [5.41, 5.74) is 8.40. The summed E-state index contributed by atoms with van der Waals surface area (Å²) in [6.45, 7) is 0. The zero-order chi connectivity index (χ0) is 13.4. The molecule has 0 fully saturated rings. The number of nitrogens with one attached hydrogen (secondary N) is 1. The lowest BCUT2D eigenvalue weighted by Crippen LogP contribution is -2.12. The summed E-state index contributed by atoms with van der Waals surface area (Å²) in [5, 5.41) is 11.1. The Morgan fingerprint density at radius 1 is 1.16 bits per heavy atom. The van der Waals surface area contributed by atoms with Crippen molar-refractivity contribution >= 4 is 28.5 Å². The number of carbonyl (C=O) groups is 1. The number of H-pyrrole nitrogens is 1. The highest BCUT2D eigenvalue weighted by atomic mass is 35.5. The van der Waals surface area contributed by atoms with E-state index >= 15 is 0 Å². The van der Waals surface area contributed by atoms with Crippen molar-refractivity contribution in [1.29, 1.82) is 0 Å². The highest BCUT2D eigenvalue weighted by Crippen LogP contribution is 2.35. The number of nitrogens with two attached hydrogens (primary N) is 1. The zero-order valence-electron chi connectivity index (χ0n) is 9.72. The number of rotatable bonds is 2. The van der Waals surface area contributed by atoms with E-state index in [1.807, 2.05) is 6.07 Å². The molecule has 0 spiro atoms. The van der Waals surface area contributed by atoms with Crippen molar-refractivity contribution in [3.8, 4) is 11.1 Å². The molecular formula is C13H9ClN4O. The van der Waals surface area contributed by atoms with Crippen LogP contribution in [0, 0.1) is 0 Å². The van der Waals surface area contributed by atoms with E-state index < -0.39 is 5.91 Å². The molecule has 2 aromatic carbocycles. The van der Waals surface area contributed by atoms with Gasteiger partial charge in [0, 0.05) is 11.1 Å². The minimum atomic E-state index is -0.507. The second-order valence-electron chi connectivity index (χ2n) is 4.02. The lowest BCUT2D eigenvalue weighted by atomic mass is 9.98. The number of halogens is 1. The van der Waals surface area contributed by atoms with E-state index in [0.29, 0.717) is 32.7 Å². The summed E-state index contributed by atoms with van der Waals surface area (Å²) < 4.78 is 0. The van der Waals surface area contributed by atoms with E-state index in [4.69, 9.17) is 17.3 Å². The average Bonchev–Trinajstić information content (AvgIpc) is 2.87. The molecule has 0 radical (unpaired) electrons. The molecule has 1 aromatic heterocycles. The van der Waals surface area contributed by atoms with Gasteiger partial charge in [-0.1, -0.05) is 29.8 Å². The number of primary amides is 1. The molecule has 6 heteroatoms. The molecule has 3 rings (SSSR count). The van der Waals surface area contributed by atoms with Crippen LogP contribution in [0.4, 0.5) is 0 Å². The Hall–Kier alpha value is -2.40. The van der Waals surface area contributed by atoms with Gasteiger partial charge in [-0.15, -0.1) is 0 Å². The third-order valence-corrected chi connectivity index (χ3v) is 3.21. The minimum Gasteiger partial charge on any atom is -0.366 e. The molecule has 0 aliphatic heterocycles. The summed E-state index contributed by atoms with van der Waals surface area (Å²) in [5.74, 6) is -0.507. The maximum Gasteiger partial charge on any atom is 0.249 e. The summed E-state index contributed by atoms with van der Waals surface area (Å²) >= 11 is 6.24. The molecule has 1 amide bonds. The van der Waals surface area contributed by atoms with Crippen LogP contribution >= 0.6 is 11.6 Å². The Balaban J connectivity index is 2.39. The highest BCUT2D eigenvalue weighted by Gasteiger charge is 2.16. The van der Waals surface area contributed by atoms with Crippen LogP contribution in [0.1, 0.15) is 10.4 Å². The molecule has 0 atom stereocenters. The van der Waals surface area contributed by atoms with Crippen LogP contribution in [-0.2, 0) is 0 Å². The van der Waals surface area contributed by atoms with Gasteiger partial charge in [0.15, 0.2) is 0 Å². The standard InChI is InChI=1S/C13H9ClN4O/c14-9-5-6-10-12(17-18-16-10)11(9)7-3-1-2-4-8(7)13(15)19/h1-6H,(H2,15,19)(H,16,17,18). The molecule has 0 unspecified atom stereocenters. The fraction of sp³-hybridized carbons (Fsp3) is 0. The Morgan fingerprint density at radius 3 is 2.74 bits per heavy atom. The predicted octanol–water partition coefficient (Wildman–Crippen LogP) is 2.38. The maximum atomic E-state index is 11.5. The first-order valence-corrected chi connectivity index (χ1v) is 5.94. The normalized spacial score (nSPS) is 10.8. The summed E-state index contributed by atoms with van der Waals surface area (Å²) in [6, 6.07) is 10.5. The number of hydrogen-bond acceptors (Lipinski definition) is 3. The Kier molecular flexibility index (Phi) is 2.68. The molecule has 94 valence electrons. The van der Waals surface area contributed by atoms with Crippen molar-refractivity contribution in [2.24, 2.45) is 5.73 Å². The van der Waals surface area contributed by atoms with Crippen LogP contribution in [0.15, 0.2) is 36.4 Å². The maximum absolute atomic E-state index is 11.5. The van der Waals surface area contributed by atoms with Crippen molar-refractivity contribution in [3.05, 3.63) is 47.0 Å². The van der Waals surface area contributed by atoms with Crippen molar-refractivity contribution in [3.63, 3.8) is 0 Å². The number of fused-ring (bicyclic) bond motifs is 1. The van der Waals surface area contributed by atoms with E-state index in [9.17, 15) is 4.79 Å². The highest BCUT2D eigenvalue weighted by molar-refractivity contribution is 6.35. The molecule has 1 heterocycles. The number of aromatic nitrogens is 3. The molecule has 0 bridgehead atoms. The van der Waals surface area contributed by atoms with E-state index in [1.165, 1.54) is 0 Å². The quantitative estimate of drug-likeness (QED) is 0.751. The first-order chi connectivity index (χ1) is 9.18. The number of carbonyl (C=O) groups excluding carboxylic acids is 1. The SMILES string of the molecule is NC(=O)c1ccccc1-c1c(Cl)ccc2n[nH]nc12. The number of aromatic amines is 1. The summed E-state index contributed by atoms with van der Waals surface area (Å²) in [6.07, 6.45) is 0. The summed E-state index contributed by atoms with van der Waals surface area (Å²) in [4.78, 5) is 11.5. The van der Waals surface area contributed by atoms with Crippen molar-refractivity contribution in [2.45, 2.75) is 0 Å². The lowest BCUT2D eigenvalue weighted by molar-refractivity contribution is 0.100. The van der Waals surface area contributed by atoms with Gasteiger partial charge in [0.05, 0.1) is 5.02 Å². The fourth-order valence-corrected chi connectivity index (χ4v) is 2.31. The number of hydrogen-bond donors (Lipinski definition) is 2. The zero-order valence-corrected chi connectivity index (χ0v) is 10.5. The van der Waals surface area contributed by atoms with E-state index in [2.05, 4.69) is 15.4 Å². The Labute approximate surface area is 113 Å². The third kappa shape index (κ3) is 1.84. The van der Waals surface area contributed by atoms with Gasteiger partial charge in [0.25, 0.3) is 0 Å². The van der Waals surface area contributed by atoms with Crippen LogP contribution in [0.5, 0.6) is 0 Å². The molecule has 0 saturated carbocycles. The van der Waals surface area contributed by atoms with Crippen LogP contribution in [0.3, 0.4) is 0 Å². The largest absolute Gasteiger partial charge is 0.366 e. The molecular weight excluding hydrogens is 264 g/mol. The average molecular weight is 273 g/mol. The number of benzene rings is 2. The van der Waals surface area contributed by atoms with Crippen LogP contribution in [0.25, 0.3) is 22.2 Å². The van der Waals surface area contributed by atoms with Crippen molar-refractivity contribution in [2.75, 3.05) is 0 Å². The molecule has 0 saturated heterocycles. The van der Waals surface area contributed by atoms with Gasteiger partial charge in [-0.3, -0.25) is 4.79 Å². The topological polar surface area (TPSA) is 84.7 Å². The first kappa shape index (κ1) is 11.7. The molecule has 5 nitrogen and oxygen atoms in total. The minimum absolute atomic E-state index is 0.403. The van der Waals surface area contributed by atoms with Crippen LogP contribution in [0.2, 0.25) is 5.02 Å². The van der Waals surface area contributed by atoms with Gasteiger partial charge in [-0.25, -0.2) is 0 Å². The lowest BCUT2D eigenvalue weighted by Gasteiger charge is -2.08. The van der Waals surface area contributed by atoms with Gasteiger partial charge >= 0.3 is 0 Å². The predicted molar refractivity (Wildman–Crippen MR) is 72.9 cm³/mol. The molecule has 3 aromatic rings. The van der Waals surface area contributed by atoms with Gasteiger partial charge in [-0.2, -0.15) is 15.4 Å². The smallest absolute Gasteiger partial charge is 0.249 e. The van der Waals surface area contributed by atoms with Gasteiger partial charge in [-0.05, 0) is 23.8 Å². The Morgan fingerprint density at radius 2 is 1.95 bits per heavy atom. The monoisotopic (exact) mass is 272 g/mol. The first-order valence-electron chi connectivity index (χ1n) is 5.56.